The Morgan fingerprint density at radius 2 is 2.25 bits per heavy atom. The molecule has 2 atom stereocenters. The predicted molar refractivity (Wildman–Crippen MR) is 64.3 cm³/mol. The summed E-state index contributed by atoms with van der Waals surface area (Å²) in [5, 5.41) is 6.20. The number of carbonyl (C=O) groups is 1. The SMILES string of the molecule is CC(C)C(C)NC(=O)CO[C@H]1CCCNC1. The molecular weight excluding hydrogens is 204 g/mol. The third-order valence-electron chi connectivity index (χ3n) is 3.09. The lowest BCUT2D eigenvalue weighted by atomic mass is 10.1. The van der Waals surface area contributed by atoms with Crippen molar-refractivity contribution in [3.8, 4) is 0 Å². The van der Waals surface area contributed by atoms with Crippen LogP contribution in [-0.2, 0) is 9.53 Å². The molecule has 4 heteroatoms. The average molecular weight is 228 g/mol. The fourth-order valence-electron chi connectivity index (χ4n) is 1.62. The lowest BCUT2D eigenvalue weighted by molar-refractivity contribution is -0.128. The molecular formula is C12H24N2O2. The van der Waals surface area contributed by atoms with Gasteiger partial charge in [-0.3, -0.25) is 4.79 Å². The van der Waals surface area contributed by atoms with Crippen molar-refractivity contribution >= 4 is 5.91 Å². The molecule has 0 aliphatic carbocycles. The number of rotatable bonds is 5. The molecule has 1 aliphatic rings. The van der Waals surface area contributed by atoms with Crippen molar-refractivity contribution < 1.29 is 9.53 Å². The Kier molecular flexibility index (Phi) is 5.77. The molecule has 1 amide bonds. The number of ether oxygens (including phenoxy) is 1. The topological polar surface area (TPSA) is 50.4 Å². The number of piperidine rings is 1. The van der Waals surface area contributed by atoms with E-state index in [2.05, 4.69) is 24.5 Å². The van der Waals surface area contributed by atoms with Gasteiger partial charge in [-0.05, 0) is 32.2 Å². The highest BCUT2D eigenvalue weighted by Gasteiger charge is 2.16. The van der Waals surface area contributed by atoms with Crippen LogP contribution >= 0.6 is 0 Å². The molecule has 0 saturated carbocycles. The third kappa shape index (κ3) is 4.94. The Balaban J connectivity index is 2.14. The van der Waals surface area contributed by atoms with E-state index in [1.165, 1.54) is 0 Å². The van der Waals surface area contributed by atoms with E-state index in [-0.39, 0.29) is 24.7 Å². The van der Waals surface area contributed by atoms with Crippen LogP contribution < -0.4 is 10.6 Å². The normalized spacial score (nSPS) is 23.1. The number of amides is 1. The molecule has 0 aromatic carbocycles. The van der Waals surface area contributed by atoms with Crippen LogP contribution in [0.5, 0.6) is 0 Å². The van der Waals surface area contributed by atoms with Crippen molar-refractivity contribution in [3.05, 3.63) is 0 Å². The third-order valence-corrected chi connectivity index (χ3v) is 3.09. The van der Waals surface area contributed by atoms with E-state index >= 15 is 0 Å². The second kappa shape index (κ2) is 6.86. The van der Waals surface area contributed by atoms with Gasteiger partial charge in [0.2, 0.25) is 5.91 Å². The Morgan fingerprint density at radius 1 is 1.50 bits per heavy atom. The van der Waals surface area contributed by atoms with Gasteiger partial charge in [0.15, 0.2) is 0 Å². The molecule has 0 spiro atoms. The number of hydrogen-bond donors (Lipinski definition) is 2. The molecule has 1 heterocycles. The van der Waals surface area contributed by atoms with E-state index in [1.54, 1.807) is 0 Å². The zero-order valence-electron chi connectivity index (χ0n) is 10.6. The van der Waals surface area contributed by atoms with Gasteiger partial charge in [-0.15, -0.1) is 0 Å². The van der Waals surface area contributed by atoms with E-state index in [0.717, 1.165) is 25.9 Å². The molecule has 1 aliphatic heterocycles. The van der Waals surface area contributed by atoms with Crippen LogP contribution in [0.2, 0.25) is 0 Å². The standard InChI is InChI=1S/C12H24N2O2/c1-9(2)10(3)14-12(15)8-16-11-5-4-6-13-7-11/h9-11,13H,4-8H2,1-3H3,(H,14,15)/t10?,11-/m0/s1. The minimum atomic E-state index is -0.00762. The van der Waals surface area contributed by atoms with Crippen LogP contribution in [0.15, 0.2) is 0 Å². The van der Waals surface area contributed by atoms with Gasteiger partial charge in [0.05, 0.1) is 6.10 Å². The van der Waals surface area contributed by atoms with Gasteiger partial charge in [0, 0.05) is 12.6 Å². The van der Waals surface area contributed by atoms with Crippen molar-refractivity contribution in [1.82, 2.24) is 10.6 Å². The van der Waals surface area contributed by atoms with Gasteiger partial charge < -0.3 is 15.4 Å². The first kappa shape index (κ1) is 13.5. The van der Waals surface area contributed by atoms with E-state index in [1.807, 2.05) is 6.92 Å². The zero-order chi connectivity index (χ0) is 12.0. The van der Waals surface area contributed by atoms with Crippen LogP contribution in [-0.4, -0.2) is 37.7 Å². The maximum Gasteiger partial charge on any atom is 0.246 e. The summed E-state index contributed by atoms with van der Waals surface area (Å²) in [4.78, 5) is 11.5. The monoisotopic (exact) mass is 228 g/mol. The second-order valence-corrected chi connectivity index (χ2v) is 4.88. The molecule has 16 heavy (non-hydrogen) atoms. The van der Waals surface area contributed by atoms with Gasteiger partial charge >= 0.3 is 0 Å². The Labute approximate surface area is 98.1 Å². The molecule has 1 unspecified atom stereocenters. The van der Waals surface area contributed by atoms with Crippen molar-refractivity contribution in [3.63, 3.8) is 0 Å². The molecule has 1 rings (SSSR count). The first-order valence-corrected chi connectivity index (χ1v) is 6.21. The summed E-state index contributed by atoms with van der Waals surface area (Å²) in [6.45, 7) is 8.32. The fraction of sp³-hybridized carbons (Fsp3) is 0.917. The van der Waals surface area contributed by atoms with Gasteiger partial charge in [-0.1, -0.05) is 13.8 Å². The molecule has 0 aromatic rings. The molecule has 0 aromatic heterocycles. The van der Waals surface area contributed by atoms with Crippen molar-refractivity contribution in [2.45, 2.75) is 45.8 Å². The van der Waals surface area contributed by atoms with Crippen molar-refractivity contribution in [1.29, 1.82) is 0 Å². The van der Waals surface area contributed by atoms with E-state index in [9.17, 15) is 4.79 Å². The predicted octanol–water partition coefficient (Wildman–Crippen LogP) is 0.916. The van der Waals surface area contributed by atoms with Gasteiger partial charge in [-0.2, -0.15) is 0 Å². The Hall–Kier alpha value is -0.610. The molecule has 0 radical (unpaired) electrons. The van der Waals surface area contributed by atoms with E-state index in [4.69, 9.17) is 4.74 Å². The first-order valence-electron chi connectivity index (χ1n) is 6.21. The van der Waals surface area contributed by atoms with Gasteiger partial charge in [-0.25, -0.2) is 0 Å². The van der Waals surface area contributed by atoms with Crippen molar-refractivity contribution in [2.75, 3.05) is 19.7 Å². The molecule has 1 saturated heterocycles. The van der Waals surface area contributed by atoms with Crippen LogP contribution in [0.3, 0.4) is 0 Å². The summed E-state index contributed by atoms with van der Waals surface area (Å²) in [6, 6.07) is 0.209. The number of hydrogen-bond acceptors (Lipinski definition) is 3. The van der Waals surface area contributed by atoms with Crippen LogP contribution in [0.1, 0.15) is 33.6 Å². The lowest BCUT2D eigenvalue weighted by Gasteiger charge is -2.23. The van der Waals surface area contributed by atoms with E-state index in [0.29, 0.717) is 5.92 Å². The van der Waals surface area contributed by atoms with Gasteiger partial charge in [0.1, 0.15) is 6.61 Å². The minimum absolute atomic E-state index is 0.00762. The number of carbonyl (C=O) groups excluding carboxylic acids is 1. The maximum atomic E-state index is 11.5. The van der Waals surface area contributed by atoms with Crippen molar-refractivity contribution in [2.24, 2.45) is 5.92 Å². The summed E-state index contributed by atoms with van der Waals surface area (Å²) < 4.78 is 5.55. The summed E-state index contributed by atoms with van der Waals surface area (Å²) in [5.74, 6) is 0.451. The molecule has 94 valence electrons. The summed E-state index contributed by atoms with van der Waals surface area (Å²) in [6.07, 6.45) is 2.39. The molecule has 2 N–H and O–H groups in total. The lowest BCUT2D eigenvalue weighted by Crippen LogP contribution is -2.41. The minimum Gasteiger partial charge on any atom is -0.367 e. The average Bonchev–Trinajstić information content (AvgIpc) is 2.27. The smallest absolute Gasteiger partial charge is 0.246 e. The number of nitrogens with one attached hydrogen (secondary N) is 2. The Bertz CT molecular complexity index is 213. The fourth-order valence-corrected chi connectivity index (χ4v) is 1.62. The maximum absolute atomic E-state index is 11.5. The molecule has 4 nitrogen and oxygen atoms in total. The summed E-state index contributed by atoms with van der Waals surface area (Å²) in [7, 11) is 0. The van der Waals surface area contributed by atoms with Crippen LogP contribution in [0.4, 0.5) is 0 Å². The van der Waals surface area contributed by atoms with Crippen LogP contribution in [0.25, 0.3) is 0 Å². The summed E-state index contributed by atoms with van der Waals surface area (Å²) in [5.41, 5.74) is 0. The second-order valence-electron chi connectivity index (χ2n) is 4.88. The molecule has 0 bridgehead atoms. The molecule has 1 fully saturated rings. The summed E-state index contributed by atoms with van der Waals surface area (Å²) >= 11 is 0. The highest BCUT2D eigenvalue weighted by Crippen LogP contribution is 2.05. The first-order chi connectivity index (χ1) is 7.59. The van der Waals surface area contributed by atoms with E-state index < -0.39 is 0 Å². The quantitative estimate of drug-likeness (QED) is 0.735. The highest BCUT2D eigenvalue weighted by molar-refractivity contribution is 5.77. The largest absolute Gasteiger partial charge is 0.367 e. The van der Waals surface area contributed by atoms with Gasteiger partial charge in [0.25, 0.3) is 0 Å². The van der Waals surface area contributed by atoms with Crippen LogP contribution in [0, 0.1) is 5.92 Å². The zero-order valence-corrected chi connectivity index (χ0v) is 10.6. The highest BCUT2D eigenvalue weighted by atomic mass is 16.5. The Morgan fingerprint density at radius 3 is 2.81 bits per heavy atom.